The highest BCUT2D eigenvalue weighted by molar-refractivity contribution is 5.95. The topological polar surface area (TPSA) is 86.0 Å². The quantitative estimate of drug-likeness (QED) is 0.561. The number of halogens is 2. The minimum atomic E-state index is -2.96. The van der Waals surface area contributed by atoms with Crippen LogP contribution in [0.3, 0.4) is 0 Å². The van der Waals surface area contributed by atoms with E-state index in [1.165, 1.54) is 35.5 Å². The molecule has 0 aliphatic carbocycles. The molecular weight excluding hydrogens is 394 g/mol. The molecule has 3 rings (SSSR count). The van der Waals surface area contributed by atoms with Crippen molar-refractivity contribution in [3.05, 3.63) is 60.3 Å². The molecule has 0 N–H and O–H groups in total. The summed E-state index contributed by atoms with van der Waals surface area (Å²) in [5.41, 5.74) is 0.495. The number of carbonyl (C=O) groups excluding carboxylic acids is 1. The molecule has 158 valence electrons. The molecule has 10 heteroatoms. The fourth-order valence-corrected chi connectivity index (χ4v) is 2.88. The van der Waals surface area contributed by atoms with Crippen LogP contribution in [0.4, 0.5) is 8.78 Å². The standard InChI is InChI=1S/C20H22F2N6O2/c1-4-27(14(2)13-30-17-8-7-15(12-24-17)20(3,21)22)19(29)18-16(6-5-9-23-18)28-25-10-11-26-28/h5-12,14H,4,13H2,1-3H3/t14-/m0/s1. The Morgan fingerprint density at radius 2 is 1.93 bits per heavy atom. The van der Waals surface area contributed by atoms with Gasteiger partial charge in [-0.3, -0.25) is 4.79 Å². The first-order chi connectivity index (χ1) is 14.3. The van der Waals surface area contributed by atoms with Crippen molar-refractivity contribution in [1.29, 1.82) is 0 Å². The van der Waals surface area contributed by atoms with Gasteiger partial charge in [0.25, 0.3) is 11.8 Å². The Labute approximate surface area is 172 Å². The third-order valence-corrected chi connectivity index (χ3v) is 4.47. The van der Waals surface area contributed by atoms with Gasteiger partial charge in [-0.25, -0.2) is 18.7 Å². The third kappa shape index (κ3) is 4.76. The zero-order valence-electron chi connectivity index (χ0n) is 16.9. The van der Waals surface area contributed by atoms with Gasteiger partial charge in [0.2, 0.25) is 5.88 Å². The van der Waals surface area contributed by atoms with Gasteiger partial charge in [-0.1, -0.05) is 0 Å². The van der Waals surface area contributed by atoms with E-state index in [1.54, 1.807) is 17.0 Å². The van der Waals surface area contributed by atoms with Crippen molar-refractivity contribution < 1.29 is 18.3 Å². The van der Waals surface area contributed by atoms with Gasteiger partial charge in [-0.2, -0.15) is 10.2 Å². The Morgan fingerprint density at radius 1 is 1.20 bits per heavy atom. The number of nitrogens with zero attached hydrogens (tertiary/aromatic N) is 6. The lowest BCUT2D eigenvalue weighted by Gasteiger charge is -2.28. The van der Waals surface area contributed by atoms with Gasteiger partial charge >= 0.3 is 0 Å². The summed E-state index contributed by atoms with van der Waals surface area (Å²) >= 11 is 0. The van der Waals surface area contributed by atoms with Crippen molar-refractivity contribution in [2.75, 3.05) is 13.2 Å². The first-order valence-electron chi connectivity index (χ1n) is 9.41. The lowest BCUT2D eigenvalue weighted by molar-refractivity contribution is 0.0169. The van der Waals surface area contributed by atoms with E-state index in [4.69, 9.17) is 4.74 Å². The van der Waals surface area contributed by atoms with E-state index in [0.29, 0.717) is 12.2 Å². The average molecular weight is 416 g/mol. The largest absolute Gasteiger partial charge is 0.475 e. The van der Waals surface area contributed by atoms with Gasteiger partial charge in [0.1, 0.15) is 12.3 Å². The maximum absolute atomic E-state index is 13.3. The molecule has 1 atom stereocenters. The van der Waals surface area contributed by atoms with Gasteiger partial charge in [-0.05, 0) is 32.0 Å². The van der Waals surface area contributed by atoms with Crippen molar-refractivity contribution in [1.82, 2.24) is 29.9 Å². The summed E-state index contributed by atoms with van der Waals surface area (Å²) in [6.45, 7) is 5.03. The minimum Gasteiger partial charge on any atom is -0.475 e. The van der Waals surface area contributed by atoms with Crippen LogP contribution in [0.25, 0.3) is 5.69 Å². The van der Waals surface area contributed by atoms with E-state index in [9.17, 15) is 13.6 Å². The first-order valence-corrected chi connectivity index (χ1v) is 9.41. The van der Waals surface area contributed by atoms with Crippen LogP contribution in [0.1, 0.15) is 36.8 Å². The van der Waals surface area contributed by atoms with Gasteiger partial charge in [-0.15, -0.1) is 4.80 Å². The summed E-state index contributed by atoms with van der Waals surface area (Å²) in [5, 5.41) is 8.14. The number of aromatic nitrogens is 5. The molecule has 8 nitrogen and oxygen atoms in total. The zero-order chi connectivity index (χ0) is 21.7. The number of amides is 1. The van der Waals surface area contributed by atoms with E-state index < -0.39 is 5.92 Å². The van der Waals surface area contributed by atoms with E-state index in [1.807, 2.05) is 13.8 Å². The highest BCUT2D eigenvalue weighted by Crippen LogP contribution is 2.27. The summed E-state index contributed by atoms with van der Waals surface area (Å²) < 4.78 is 32.2. The first kappa shape index (κ1) is 21.3. The molecule has 3 aromatic heterocycles. The number of ether oxygens (including phenoxy) is 1. The van der Waals surface area contributed by atoms with Crippen LogP contribution in [0, 0.1) is 0 Å². The maximum atomic E-state index is 13.3. The van der Waals surface area contributed by atoms with Crippen LogP contribution in [-0.2, 0) is 5.92 Å². The van der Waals surface area contributed by atoms with Gasteiger partial charge in [0.15, 0.2) is 5.69 Å². The van der Waals surface area contributed by atoms with Crippen LogP contribution >= 0.6 is 0 Å². The lowest BCUT2D eigenvalue weighted by Crippen LogP contribution is -2.42. The fraction of sp³-hybridized carbons (Fsp3) is 0.350. The summed E-state index contributed by atoms with van der Waals surface area (Å²) in [6, 6.07) is 5.75. The average Bonchev–Trinajstić information content (AvgIpc) is 3.27. The molecule has 0 saturated carbocycles. The van der Waals surface area contributed by atoms with E-state index in [2.05, 4.69) is 20.2 Å². The van der Waals surface area contributed by atoms with Gasteiger partial charge in [0.05, 0.1) is 18.4 Å². The predicted octanol–water partition coefficient (Wildman–Crippen LogP) is 3.10. The van der Waals surface area contributed by atoms with E-state index in [-0.39, 0.29) is 35.7 Å². The van der Waals surface area contributed by atoms with Crippen molar-refractivity contribution in [3.8, 4) is 11.6 Å². The molecule has 0 saturated heterocycles. The van der Waals surface area contributed by atoms with Crippen molar-refractivity contribution >= 4 is 5.91 Å². The second-order valence-corrected chi connectivity index (χ2v) is 6.71. The predicted molar refractivity (Wildman–Crippen MR) is 105 cm³/mol. The number of hydrogen-bond donors (Lipinski definition) is 0. The van der Waals surface area contributed by atoms with Crippen LogP contribution in [0.5, 0.6) is 5.88 Å². The molecule has 0 aliphatic heterocycles. The summed E-state index contributed by atoms with van der Waals surface area (Å²) in [4.78, 5) is 24.2. The molecule has 0 aliphatic rings. The van der Waals surface area contributed by atoms with Gasteiger partial charge < -0.3 is 9.64 Å². The van der Waals surface area contributed by atoms with Crippen LogP contribution < -0.4 is 4.74 Å². The molecule has 30 heavy (non-hydrogen) atoms. The third-order valence-electron chi connectivity index (χ3n) is 4.47. The van der Waals surface area contributed by atoms with Crippen LogP contribution in [-0.4, -0.2) is 55.0 Å². The second-order valence-electron chi connectivity index (χ2n) is 6.71. The number of carbonyl (C=O) groups is 1. The Morgan fingerprint density at radius 3 is 2.53 bits per heavy atom. The molecule has 0 aromatic carbocycles. The van der Waals surface area contributed by atoms with E-state index in [0.717, 1.165) is 13.1 Å². The second kappa shape index (κ2) is 8.93. The smallest absolute Gasteiger partial charge is 0.275 e. The fourth-order valence-electron chi connectivity index (χ4n) is 2.88. The van der Waals surface area contributed by atoms with Gasteiger partial charge in [0, 0.05) is 37.5 Å². The molecule has 0 radical (unpaired) electrons. The Balaban J connectivity index is 1.71. The molecular formula is C20H22F2N6O2. The van der Waals surface area contributed by atoms with E-state index >= 15 is 0 Å². The maximum Gasteiger partial charge on any atom is 0.275 e. The molecule has 0 bridgehead atoms. The Kier molecular flexibility index (Phi) is 6.34. The molecule has 0 unspecified atom stereocenters. The highest BCUT2D eigenvalue weighted by atomic mass is 19.3. The molecule has 0 spiro atoms. The number of rotatable bonds is 8. The molecule has 0 fully saturated rings. The van der Waals surface area contributed by atoms with Crippen molar-refractivity contribution in [3.63, 3.8) is 0 Å². The van der Waals surface area contributed by atoms with Crippen molar-refractivity contribution in [2.24, 2.45) is 0 Å². The molecule has 3 aromatic rings. The summed E-state index contributed by atoms with van der Waals surface area (Å²) in [5.74, 6) is -3.05. The number of hydrogen-bond acceptors (Lipinski definition) is 6. The van der Waals surface area contributed by atoms with Crippen molar-refractivity contribution in [2.45, 2.75) is 32.7 Å². The summed E-state index contributed by atoms with van der Waals surface area (Å²) in [7, 11) is 0. The summed E-state index contributed by atoms with van der Waals surface area (Å²) in [6.07, 6.45) is 5.65. The Bertz CT molecular complexity index is 974. The molecule has 1 amide bonds. The zero-order valence-corrected chi connectivity index (χ0v) is 16.9. The minimum absolute atomic E-state index is 0.136. The number of likely N-dealkylation sites (N-methyl/N-ethyl adjacent to an activating group) is 1. The van der Waals surface area contributed by atoms with Crippen LogP contribution in [0.2, 0.25) is 0 Å². The lowest BCUT2D eigenvalue weighted by atomic mass is 10.2. The highest BCUT2D eigenvalue weighted by Gasteiger charge is 2.26. The molecule has 3 heterocycles. The normalized spacial score (nSPS) is 12.4. The SMILES string of the molecule is CCN(C(=O)c1ncccc1-n1nccn1)[C@@H](C)COc1ccc(C(C)(F)F)cn1. The Hall–Kier alpha value is -3.43. The number of alkyl halides is 2. The monoisotopic (exact) mass is 416 g/mol. The van der Waals surface area contributed by atoms with Crippen LogP contribution in [0.15, 0.2) is 49.1 Å². The number of pyridine rings is 2.